The molecule has 1 aromatic rings. The van der Waals surface area contributed by atoms with Crippen molar-refractivity contribution in [3.8, 4) is 0 Å². The van der Waals surface area contributed by atoms with Gasteiger partial charge in [-0.25, -0.2) is 17.9 Å². The topological polar surface area (TPSA) is 80.5 Å². The average molecular weight is 284 g/mol. The normalized spacial score (nSPS) is 18.3. The predicted octanol–water partition coefficient (Wildman–Crippen LogP) is 1.27. The SMILES string of the molecule is C=C(F)C(=O)N1CC(C)c2ccc(S(N)(=O)=O)cc21. The van der Waals surface area contributed by atoms with Crippen LogP contribution in [-0.2, 0) is 14.8 Å². The molecular formula is C12H13FN2O3S. The third-order valence-electron chi connectivity index (χ3n) is 3.09. The van der Waals surface area contributed by atoms with Gasteiger partial charge in [0.25, 0.3) is 5.91 Å². The molecule has 0 bridgehead atoms. The van der Waals surface area contributed by atoms with Gasteiger partial charge in [0, 0.05) is 18.2 Å². The van der Waals surface area contributed by atoms with E-state index >= 15 is 0 Å². The first kappa shape index (κ1) is 13.7. The van der Waals surface area contributed by atoms with Gasteiger partial charge < -0.3 is 4.90 Å². The second-order valence-electron chi connectivity index (χ2n) is 4.49. The van der Waals surface area contributed by atoms with Gasteiger partial charge in [-0.3, -0.25) is 4.79 Å². The van der Waals surface area contributed by atoms with Crippen molar-refractivity contribution in [1.82, 2.24) is 0 Å². The summed E-state index contributed by atoms with van der Waals surface area (Å²) in [6.45, 7) is 5.12. The van der Waals surface area contributed by atoms with Crippen molar-refractivity contribution in [2.75, 3.05) is 11.4 Å². The standard InChI is InChI=1S/C12H13FN2O3S/c1-7-6-15(12(16)8(2)13)11-5-9(19(14,17)18)3-4-10(7)11/h3-5,7H,2,6H2,1H3,(H2,14,17,18). The Hall–Kier alpha value is -1.73. The number of fused-ring (bicyclic) bond motifs is 1. The maximum atomic E-state index is 13.0. The highest BCUT2D eigenvalue weighted by Crippen LogP contribution is 2.38. The van der Waals surface area contributed by atoms with Crippen molar-refractivity contribution in [2.45, 2.75) is 17.7 Å². The van der Waals surface area contributed by atoms with E-state index in [4.69, 9.17) is 5.14 Å². The number of halogens is 1. The summed E-state index contributed by atoms with van der Waals surface area (Å²) in [5.41, 5.74) is 1.14. The lowest BCUT2D eigenvalue weighted by Gasteiger charge is -2.16. The fraction of sp³-hybridized carbons (Fsp3) is 0.250. The van der Waals surface area contributed by atoms with E-state index in [1.165, 1.54) is 17.0 Å². The van der Waals surface area contributed by atoms with Crippen LogP contribution in [0.5, 0.6) is 0 Å². The van der Waals surface area contributed by atoms with Gasteiger partial charge in [-0.2, -0.15) is 0 Å². The third-order valence-corrected chi connectivity index (χ3v) is 4.00. The molecule has 5 nitrogen and oxygen atoms in total. The molecule has 1 unspecified atom stereocenters. The van der Waals surface area contributed by atoms with E-state index in [-0.39, 0.29) is 17.4 Å². The Balaban J connectivity index is 2.55. The molecular weight excluding hydrogens is 271 g/mol. The minimum absolute atomic E-state index is 0.00664. The number of nitrogens with zero attached hydrogens (tertiary/aromatic N) is 1. The second kappa shape index (κ2) is 4.43. The largest absolute Gasteiger partial charge is 0.305 e. The molecule has 1 aromatic carbocycles. The number of sulfonamides is 1. The van der Waals surface area contributed by atoms with Crippen LogP contribution in [0.15, 0.2) is 35.5 Å². The lowest BCUT2D eigenvalue weighted by Crippen LogP contribution is -2.29. The van der Waals surface area contributed by atoms with Gasteiger partial charge >= 0.3 is 0 Å². The maximum absolute atomic E-state index is 13.0. The molecule has 102 valence electrons. The number of rotatable bonds is 2. The van der Waals surface area contributed by atoms with E-state index < -0.39 is 21.8 Å². The molecule has 0 saturated carbocycles. The van der Waals surface area contributed by atoms with Crippen LogP contribution in [0.4, 0.5) is 10.1 Å². The monoisotopic (exact) mass is 284 g/mol. The van der Waals surface area contributed by atoms with Crippen LogP contribution in [0.25, 0.3) is 0 Å². The van der Waals surface area contributed by atoms with Crippen LogP contribution >= 0.6 is 0 Å². The summed E-state index contributed by atoms with van der Waals surface area (Å²) in [6, 6.07) is 4.26. The second-order valence-corrected chi connectivity index (χ2v) is 6.05. The lowest BCUT2D eigenvalue weighted by molar-refractivity contribution is -0.116. The van der Waals surface area contributed by atoms with E-state index in [0.29, 0.717) is 5.69 Å². The first-order chi connectivity index (χ1) is 8.71. The summed E-state index contributed by atoms with van der Waals surface area (Å²) in [5, 5.41) is 5.04. The van der Waals surface area contributed by atoms with Crippen molar-refractivity contribution >= 4 is 21.6 Å². The van der Waals surface area contributed by atoms with Gasteiger partial charge in [-0.1, -0.05) is 19.6 Å². The molecule has 0 aromatic heterocycles. The number of carbonyl (C=O) groups is 1. The van der Waals surface area contributed by atoms with Crippen molar-refractivity contribution in [3.63, 3.8) is 0 Å². The molecule has 1 amide bonds. The zero-order chi connectivity index (χ0) is 14.4. The number of nitrogens with two attached hydrogens (primary N) is 1. The lowest BCUT2D eigenvalue weighted by atomic mass is 10.0. The van der Waals surface area contributed by atoms with Gasteiger partial charge in [0.15, 0.2) is 5.83 Å². The number of benzene rings is 1. The molecule has 1 aliphatic rings. The molecule has 1 atom stereocenters. The fourth-order valence-corrected chi connectivity index (χ4v) is 2.69. The number of anilines is 1. The van der Waals surface area contributed by atoms with Gasteiger partial charge in [0.1, 0.15) is 0 Å². The van der Waals surface area contributed by atoms with E-state index in [1.807, 2.05) is 6.92 Å². The third kappa shape index (κ3) is 2.39. The smallest absolute Gasteiger partial charge is 0.286 e. The molecule has 7 heteroatoms. The molecule has 0 fully saturated rings. The zero-order valence-electron chi connectivity index (χ0n) is 10.3. The maximum Gasteiger partial charge on any atom is 0.286 e. The van der Waals surface area contributed by atoms with Gasteiger partial charge in [-0.05, 0) is 17.7 Å². The van der Waals surface area contributed by atoms with E-state index in [0.717, 1.165) is 5.56 Å². The van der Waals surface area contributed by atoms with Crippen LogP contribution in [-0.4, -0.2) is 20.9 Å². The summed E-state index contributed by atoms with van der Waals surface area (Å²) in [6.07, 6.45) is 0. The highest BCUT2D eigenvalue weighted by molar-refractivity contribution is 7.89. The van der Waals surface area contributed by atoms with E-state index in [1.54, 1.807) is 6.07 Å². The van der Waals surface area contributed by atoms with Crippen LogP contribution in [0.3, 0.4) is 0 Å². The first-order valence-corrected chi connectivity index (χ1v) is 7.09. The summed E-state index contributed by atoms with van der Waals surface area (Å²) in [7, 11) is -3.87. The van der Waals surface area contributed by atoms with Crippen molar-refractivity contribution in [2.24, 2.45) is 5.14 Å². The summed E-state index contributed by atoms with van der Waals surface area (Å²) < 4.78 is 35.6. The molecule has 2 rings (SSSR count). The molecule has 19 heavy (non-hydrogen) atoms. The van der Waals surface area contributed by atoms with Crippen molar-refractivity contribution in [1.29, 1.82) is 0 Å². The van der Waals surface area contributed by atoms with Crippen LogP contribution < -0.4 is 10.0 Å². The highest BCUT2D eigenvalue weighted by atomic mass is 32.2. The molecule has 0 spiro atoms. The molecule has 2 N–H and O–H groups in total. The number of primary sulfonamides is 1. The Bertz CT molecular complexity index is 670. The zero-order valence-corrected chi connectivity index (χ0v) is 11.1. The van der Waals surface area contributed by atoms with Crippen LogP contribution in [0.2, 0.25) is 0 Å². The van der Waals surface area contributed by atoms with Crippen molar-refractivity contribution < 1.29 is 17.6 Å². The van der Waals surface area contributed by atoms with E-state index in [2.05, 4.69) is 6.58 Å². The minimum atomic E-state index is -3.87. The number of hydrogen-bond donors (Lipinski definition) is 1. The predicted molar refractivity (Wildman–Crippen MR) is 68.8 cm³/mol. The Kier molecular flexibility index (Phi) is 3.19. The minimum Gasteiger partial charge on any atom is -0.305 e. The van der Waals surface area contributed by atoms with Gasteiger partial charge in [0.05, 0.1) is 4.90 Å². The summed E-state index contributed by atoms with van der Waals surface area (Å²) in [4.78, 5) is 12.8. The number of hydrogen-bond acceptors (Lipinski definition) is 3. The number of amides is 1. The summed E-state index contributed by atoms with van der Waals surface area (Å²) >= 11 is 0. The van der Waals surface area contributed by atoms with Gasteiger partial charge in [-0.15, -0.1) is 0 Å². The Labute approximate surface area is 110 Å². The molecule has 1 aliphatic heterocycles. The van der Waals surface area contributed by atoms with Crippen molar-refractivity contribution in [3.05, 3.63) is 36.2 Å². The average Bonchev–Trinajstić information content (AvgIpc) is 2.64. The summed E-state index contributed by atoms with van der Waals surface area (Å²) in [5.74, 6) is -1.95. The fourth-order valence-electron chi connectivity index (χ4n) is 2.16. The molecule has 0 radical (unpaired) electrons. The van der Waals surface area contributed by atoms with E-state index in [9.17, 15) is 17.6 Å². The Morgan fingerprint density at radius 1 is 1.53 bits per heavy atom. The van der Waals surface area contributed by atoms with Crippen LogP contribution in [0, 0.1) is 0 Å². The quantitative estimate of drug-likeness (QED) is 0.830. The highest BCUT2D eigenvalue weighted by Gasteiger charge is 2.32. The Morgan fingerprint density at radius 2 is 2.16 bits per heavy atom. The molecule has 0 saturated heterocycles. The molecule has 0 aliphatic carbocycles. The Morgan fingerprint density at radius 3 is 2.68 bits per heavy atom. The van der Waals surface area contributed by atoms with Gasteiger partial charge in [0.2, 0.25) is 10.0 Å². The van der Waals surface area contributed by atoms with Crippen LogP contribution in [0.1, 0.15) is 18.4 Å². The first-order valence-electron chi connectivity index (χ1n) is 5.55. The molecule has 1 heterocycles. The number of carbonyl (C=O) groups excluding carboxylic acids is 1.